The molecule has 246 valence electrons. The quantitative estimate of drug-likeness (QED) is 0.187. The predicted molar refractivity (Wildman–Crippen MR) is 170 cm³/mol. The van der Waals surface area contributed by atoms with Gasteiger partial charge in [0.2, 0.25) is 0 Å². The van der Waals surface area contributed by atoms with E-state index in [4.69, 9.17) is 28.4 Å². The fraction of sp³-hybridized carbons (Fsp3) is 0.588. The van der Waals surface area contributed by atoms with E-state index in [0.717, 1.165) is 22.6 Å². The molecular weight excluding hydrogens is 564 g/mol. The zero-order valence-electron chi connectivity index (χ0n) is 27.7. The molecule has 44 heavy (non-hydrogen) atoms. The van der Waals surface area contributed by atoms with Gasteiger partial charge in [-0.1, -0.05) is 24.3 Å². The molecule has 2 rings (SSSR count). The minimum Gasteiger partial charge on any atom is -0.497 e. The standard InChI is InChI=1S/C34H52N2O8/c1-33(2,3)43-31(37)35-29(11-9-21-41-23-25-13-17-27(39-7)18-14-25)30(36-32(38)44-34(4,5)6)12-10-22-42-24-26-15-19-28(40-8)20-16-26/h13-20,29-30H,9-12,21-24H2,1-8H3,(H,35,37)(H,36,38)/t29-,30-/m0/s1. The summed E-state index contributed by atoms with van der Waals surface area (Å²) in [6.45, 7) is 12.7. The normalized spacial score (nSPS) is 13.0. The largest absolute Gasteiger partial charge is 0.497 e. The van der Waals surface area contributed by atoms with Gasteiger partial charge in [-0.2, -0.15) is 0 Å². The molecule has 10 nitrogen and oxygen atoms in total. The first kappa shape index (κ1) is 36.7. The molecule has 0 saturated carbocycles. The van der Waals surface area contributed by atoms with E-state index >= 15 is 0 Å². The smallest absolute Gasteiger partial charge is 0.407 e. The van der Waals surface area contributed by atoms with Crippen LogP contribution in [0.1, 0.15) is 78.4 Å². The third-order valence-electron chi connectivity index (χ3n) is 6.35. The highest BCUT2D eigenvalue weighted by atomic mass is 16.6. The first-order valence-corrected chi connectivity index (χ1v) is 15.2. The summed E-state index contributed by atoms with van der Waals surface area (Å²) in [5.41, 5.74) is 0.737. The number of benzene rings is 2. The summed E-state index contributed by atoms with van der Waals surface area (Å²) >= 11 is 0. The van der Waals surface area contributed by atoms with E-state index < -0.39 is 35.5 Å². The first-order valence-electron chi connectivity index (χ1n) is 15.2. The summed E-state index contributed by atoms with van der Waals surface area (Å²) in [6.07, 6.45) is 1.31. The Morgan fingerprint density at radius 3 is 1.25 bits per heavy atom. The fourth-order valence-electron chi connectivity index (χ4n) is 4.30. The average molecular weight is 617 g/mol. The van der Waals surface area contributed by atoms with Crippen molar-refractivity contribution in [2.75, 3.05) is 27.4 Å². The monoisotopic (exact) mass is 616 g/mol. The number of rotatable bonds is 17. The van der Waals surface area contributed by atoms with Crippen molar-refractivity contribution in [2.45, 2.75) is 104 Å². The van der Waals surface area contributed by atoms with Crippen molar-refractivity contribution in [2.24, 2.45) is 0 Å². The van der Waals surface area contributed by atoms with E-state index in [1.807, 2.05) is 90.1 Å². The minimum absolute atomic E-state index is 0.427. The number of amides is 2. The second-order valence-corrected chi connectivity index (χ2v) is 12.6. The van der Waals surface area contributed by atoms with E-state index in [2.05, 4.69) is 10.6 Å². The molecule has 0 aromatic heterocycles. The third kappa shape index (κ3) is 15.8. The summed E-state index contributed by atoms with van der Waals surface area (Å²) in [4.78, 5) is 25.7. The molecule has 0 saturated heterocycles. The summed E-state index contributed by atoms with van der Waals surface area (Å²) < 4.78 is 33.3. The Morgan fingerprint density at radius 1 is 0.614 bits per heavy atom. The van der Waals surface area contributed by atoms with Crippen LogP contribution >= 0.6 is 0 Å². The number of hydrogen-bond acceptors (Lipinski definition) is 8. The van der Waals surface area contributed by atoms with Crippen molar-refractivity contribution in [1.29, 1.82) is 0 Å². The van der Waals surface area contributed by atoms with Gasteiger partial charge in [-0.15, -0.1) is 0 Å². The topological polar surface area (TPSA) is 114 Å². The second-order valence-electron chi connectivity index (χ2n) is 12.6. The number of hydrogen-bond donors (Lipinski definition) is 2. The second kappa shape index (κ2) is 18.3. The number of carbonyl (C=O) groups excluding carboxylic acids is 2. The van der Waals surface area contributed by atoms with Crippen LogP contribution in [0.2, 0.25) is 0 Å². The third-order valence-corrected chi connectivity index (χ3v) is 6.35. The van der Waals surface area contributed by atoms with Crippen molar-refractivity contribution in [3.05, 3.63) is 59.7 Å². The molecule has 2 amide bonds. The lowest BCUT2D eigenvalue weighted by Gasteiger charge is -2.31. The summed E-state index contributed by atoms with van der Waals surface area (Å²) in [6, 6.07) is 14.6. The van der Waals surface area contributed by atoms with Crippen LogP contribution < -0.4 is 20.1 Å². The molecule has 2 aromatic rings. The number of nitrogens with one attached hydrogen (secondary N) is 2. The fourth-order valence-corrected chi connectivity index (χ4v) is 4.30. The van der Waals surface area contributed by atoms with Gasteiger partial charge >= 0.3 is 12.2 Å². The molecule has 2 atom stereocenters. The maximum atomic E-state index is 12.8. The highest BCUT2D eigenvalue weighted by molar-refractivity contribution is 5.70. The van der Waals surface area contributed by atoms with Crippen LogP contribution in [0.4, 0.5) is 9.59 Å². The van der Waals surface area contributed by atoms with Crippen LogP contribution in [0.3, 0.4) is 0 Å². The lowest BCUT2D eigenvalue weighted by molar-refractivity contribution is 0.0406. The minimum atomic E-state index is -0.667. The van der Waals surface area contributed by atoms with Gasteiger partial charge in [-0.3, -0.25) is 0 Å². The lowest BCUT2D eigenvalue weighted by Crippen LogP contribution is -2.53. The highest BCUT2D eigenvalue weighted by Gasteiger charge is 2.28. The molecule has 0 radical (unpaired) electrons. The molecule has 0 aliphatic heterocycles. The van der Waals surface area contributed by atoms with Gasteiger partial charge in [0.15, 0.2) is 0 Å². The molecule has 10 heteroatoms. The summed E-state index contributed by atoms with van der Waals surface area (Å²) in [5.74, 6) is 1.58. The Kier molecular flexibility index (Phi) is 15.3. The number of ether oxygens (including phenoxy) is 6. The van der Waals surface area contributed by atoms with Gasteiger partial charge in [0.25, 0.3) is 0 Å². The Labute approximate surface area is 263 Å². The van der Waals surface area contributed by atoms with Crippen molar-refractivity contribution in [3.63, 3.8) is 0 Å². The lowest BCUT2D eigenvalue weighted by atomic mass is 9.98. The van der Waals surface area contributed by atoms with Gasteiger partial charge in [-0.25, -0.2) is 9.59 Å². The van der Waals surface area contributed by atoms with E-state index in [-0.39, 0.29) is 0 Å². The molecule has 0 aliphatic carbocycles. The average Bonchev–Trinajstić information content (AvgIpc) is 2.94. The zero-order valence-corrected chi connectivity index (χ0v) is 27.7. The van der Waals surface area contributed by atoms with E-state index in [9.17, 15) is 9.59 Å². The summed E-state index contributed by atoms with van der Waals surface area (Å²) in [7, 11) is 3.27. The maximum Gasteiger partial charge on any atom is 0.407 e. The predicted octanol–water partition coefficient (Wildman–Crippen LogP) is 6.78. The van der Waals surface area contributed by atoms with Gasteiger partial charge in [0.1, 0.15) is 22.7 Å². The van der Waals surface area contributed by atoms with Crippen LogP contribution in [-0.4, -0.2) is 62.9 Å². The Hall–Kier alpha value is -3.50. The molecule has 0 heterocycles. The van der Waals surface area contributed by atoms with Gasteiger partial charge in [0.05, 0.1) is 39.5 Å². The van der Waals surface area contributed by atoms with Crippen LogP contribution in [0.25, 0.3) is 0 Å². The molecule has 0 unspecified atom stereocenters. The molecule has 2 aromatic carbocycles. The van der Waals surface area contributed by atoms with Crippen molar-refractivity contribution in [3.8, 4) is 11.5 Å². The van der Waals surface area contributed by atoms with Gasteiger partial charge in [0, 0.05) is 13.2 Å². The SMILES string of the molecule is COc1ccc(COCCC[C@H](NC(=O)OC(C)(C)C)[C@H](CCCOCc2ccc(OC)cc2)NC(=O)OC(C)(C)C)cc1. The number of carbonyl (C=O) groups is 2. The first-order chi connectivity index (χ1) is 20.8. The van der Waals surface area contributed by atoms with Gasteiger partial charge < -0.3 is 39.1 Å². The molecular formula is C34H52N2O8. The Morgan fingerprint density at radius 2 is 0.955 bits per heavy atom. The van der Waals surface area contributed by atoms with Crippen LogP contribution in [0, 0.1) is 0 Å². The molecule has 0 bridgehead atoms. The van der Waals surface area contributed by atoms with E-state index in [1.165, 1.54) is 0 Å². The van der Waals surface area contributed by atoms with E-state index in [1.54, 1.807) is 14.2 Å². The van der Waals surface area contributed by atoms with Crippen LogP contribution in [0.15, 0.2) is 48.5 Å². The molecule has 0 fully saturated rings. The van der Waals surface area contributed by atoms with Gasteiger partial charge in [-0.05, 0) is 103 Å². The van der Waals surface area contributed by atoms with Crippen molar-refractivity contribution in [1.82, 2.24) is 10.6 Å². The maximum absolute atomic E-state index is 12.8. The Balaban J connectivity index is 2.03. The van der Waals surface area contributed by atoms with Crippen molar-refractivity contribution >= 4 is 12.2 Å². The summed E-state index contributed by atoms with van der Waals surface area (Å²) in [5, 5.41) is 5.97. The molecule has 0 spiro atoms. The van der Waals surface area contributed by atoms with Crippen LogP contribution in [-0.2, 0) is 32.2 Å². The number of alkyl carbamates (subject to hydrolysis) is 2. The van der Waals surface area contributed by atoms with Crippen LogP contribution in [0.5, 0.6) is 11.5 Å². The zero-order chi connectivity index (χ0) is 32.6. The highest BCUT2D eigenvalue weighted by Crippen LogP contribution is 2.17. The number of methoxy groups -OCH3 is 2. The molecule has 2 N–H and O–H groups in total. The Bertz CT molecular complexity index is 1020. The van der Waals surface area contributed by atoms with Crippen molar-refractivity contribution < 1.29 is 38.0 Å². The molecule has 0 aliphatic rings. The van der Waals surface area contributed by atoms with E-state index in [0.29, 0.717) is 52.1 Å².